The normalized spacial score (nSPS) is 37.6. The highest BCUT2D eigenvalue weighted by atomic mass is 16.5. The average molecular weight is 219 g/mol. The first-order valence-electron chi connectivity index (χ1n) is 6.01. The van der Waals surface area contributed by atoms with E-state index in [0.29, 0.717) is 6.42 Å². The Morgan fingerprint density at radius 1 is 1.31 bits per heavy atom. The van der Waals surface area contributed by atoms with Crippen molar-refractivity contribution in [3.05, 3.63) is 30.1 Å². The molecule has 3 nitrogen and oxygen atoms in total. The maximum Gasteiger partial charge on any atom is 0.0752 e. The first-order valence-corrected chi connectivity index (χ1v) is 6.01. The van der Waals surface area contributed by atoms with E-state index in [9.17, 15) is 5.11 Å². The molecule has 3 heteroatoms. The van der Waals surface area contributed by atoms with Crippen molar-refractivity contribution >= 4 is 0 Å². The van der Waals surface area contributed by atoms with Gasteiger partial charge in [0.15, 0.2) is 0 Å². The Bertz CT molecular complexity index is 353. The van der Waals surface area contributed by atoms with Gasteiger partial charge >= 0.3 is 0 Å². The van der Waals surface area contributed by atoms with Gasteiger partial charge in [-0.2, -0.15) is 0 Å². The fourth-order valence-corrected chi connectivity index (χ4v) is 3.00. The lowest BCUT2D eigenvalue weighted by atomic mass is 9.86. The smallest absolute Gasteiger partial charge is 0.0752 e. The summed E-state index contributed by atoms with van der Waals surface area (Å²) in [6.45, 7) is 0. The van der Waals surface area contributed by atoms with Crippen molar-refractivity contribution in [2.45, 2.75) is 49.9 Å². The van der Waals surface area contributed by atoms with Gasteiger partial charge in [0.05, 0.1) is 17.8 Å². The van der Waals surface area contributed by atoms with Gasteiger partial charge in [-0.1, -0.05) is 6.07 Å². The number of hydrogen-bond acceptors (Lipinski definition) is 3. The van der Waals surface area contributed by atoms with E-state index in [1.807, 2.05) is 18.2 Å². The summed E-state index contributed by atoms with van der Waals surface area (Å²) in [5, 5.41) is 10.6. The Labute approximate surface area is 95.5 Å². The van der Waals surface area contributed by atoms with Gasteiger partial charge in [-0.3, -0.25) is 4.98 Å². The molecule has 0 amide bonds. The minimum Gasteiger partial charge on any atom is -0.389 e. The molecule has 2 fully saturated rings. The predicted octanol–water partition coefficient (Wildman–Crippen LogP) is 1.70. The third-order valence-electron chi connectivity index (χ3n) is 3.65. The Morgan fingerprint density at radius 2 is 2.06 bits per heavy atom. The standard InChI is InChI=1S/C13H17NO2/c15-13(7-10-3-1-2-6-14-10)8-11-4-5-12(9-13)16-11/h1-3,6,11-12,15H,4-5,7-9H2. The summed E-state index contributed by atoms with van der Waals surface area (Å²) >= 11 is 0. The third kappa shape index (κ3) is 1.97. The third-order valence-corrected chi connectivity index (χ3v) is 3.65. The van der Waals surface area contributed by atoms with Crippen LogP contribution in [0.3, 0.4) is 0 Å². The summed E-state index contributed by atoms with van der Waals surface area (Å²) in [6.07, 6.45) is 6.72. The predicted molar refractivity (Wildman–Crippen MR) is 60.0 cm³/mol. The molecule has 1 N–H and O–H groups in total. The van der Waals surface area contributed by atoms with Gasteiger partial charge in [-0.15, -0.1) is 0 Å². The monoisotopic (exact) mass is 219 g/mol. The van der Waals surface area contributed by atoms with Gasteiger partial charge < -0.3 is 9.84 Å². The fraction of sp³-hybridized carbons (Fsp3) is 0.615. The molecule has 2 aliphatic rings. The quantitative estimate of drug-likeness (QED) is 0.823. The number of aliphatic hydroxyl groups is 1. The summed E-state index contributed by atoms with van der Waals surface area (Å²) in [6, 6.07) is 5.86. The number of hydrogen-bond donors (Lipinski definition) is 1. The van der Waals surface area contributed by atoms with Crippen molar-refractivity contribution in [1.82, 2.24) is 4.98 Å². The zero-order valence-corrected chi connectivity index (χ0v) is 9.30. The molecule has 3 rings (SSSR count). The number of fused-ring (bicyclic) bond motifs is 2. The van der Waals surface area contributed by atoms with Crippen LogP contribution in [0.15, 0.2) is 24.4 Å². The maximum atomic E-state index is 10.6. The molecule has 0 aromatic carbocycles. The van der Waals surface area contributed by atoms with Gasteiger partial charge in [0, 0.05) is 31.2 Å². The zero-order chi connectivity index (χ0) is 11.0. The second kappa shape index (κ2) is 3.82. The van der Waals surface area contributed by atoms with E-state index in [2.05, 4.69) is 4.98 Å². The Hall–Kier alpha value is -0.930. The number of nitrogens with zero attached hydrogens (tertiary/aromatic N) is 1. The van der Waals surface area contributed by atoms with E-state index in [-0.39, 0.29) is 12.2 Å². The van der Waals surface area contributed by atoms with E-state index in [0.717, 1.165) is 31.4 Å². The van der Waals surface area contributed by atoms with Crippen molar-refractivity contribution in [2.24, 2.45) is 0 Å². The molecule has 2 saturated heterocycles. The van der Waals surface area contributed by atoms with Crippen molar-refractivity contribution in [1.29, 1.82) is 0 Å². The highest BCUT2D eigenvalue weighted by molar-refractivity contribution is 5.09. The zero-order valence-electron chi connectivity index (χ0n) is 9.30. The number of pyridine rings is 1. The lowest BCUT2D eigenvalue weighted by molar-refractivity contribution is -0.110. The molecule has 1 aromatic heterocycles. The first kappa shape index (κ1) is 10.2. The molecule has 1 aromatic rings. The van der Waals surface area contributed by atoms with Gasteiger partial charge in [-0.25, -0.2) is 0 Å². The molecular formula is C13H17NO2. The van der Waals surface area contributed by atoms with Crippen LogP contribution in [0.25, 0.3) is 0 Å². The van der Waals surface area contributed by atoms with Gasteiger partial charge in [0.25, 0.3) is 0 Å². The van der Waals surface area contributed by atoms with E-state index >= 15 is 0 Å². The van der Waals surface area contributed by atoms with Gasteiger partial charge in [0.1, 0.15) is 0 Å². The molecule has 0 radical (unpaired) electrons. The van der Waals surface area contributed by atoms with Crippen LogP contribution in [0, 0.1) is 0 Å². The van der Waals surface area contributed by atoms with Gasteiger partial charge in [-0.05, 0) is 25.0 Å². The molecule has 2 aliphatic heterocycles. The van der Waals surface area contributed by atoms with Crippen LogP contribution in [0.4, 0.5) is 0 Å². The highest BCUT2D eigenvalue weighted by Crippen LogP contribution is 2.39. The maximum absolute atomic E-state index is 10.6. The average Bonchev–Trinajstić information content (AvgIpc) is 2.59. The second-order valence-electron chi connectivity index (χ2n) is 5.09. The van der Waals surface area contributed by atoms with Crippen LogP contribution < -0.4 is 0 Å². The van der Waals surface area contributed by atoms with E-state index in [4.69, 9.17) is 4.74 Å². The van der Waals surface area contributed by atoms with Crippen molar-refractivity contribution in [2.75, 3.05) is 0 Å². The lowest BCUT2D eigenvalue weighted by Crippen LogP contribution is -2.42. The van der Waals surface area contributed by atoms with E-state index < -0.39 is 5.60 Å². The van der Waals surface area contributed by atoms with Crippen LogP contribution in [0.5, 0.6) is 0 Å². The van der Waals surface area contributed by atoms with Crippen LogP contribution in [0.1, 0.15) is 31.4 Å². The number of rotatable bonds is 2. The molecule has 16 heavy (non-hydrogen) atoms. The Morgan fingerprint density at radius 3 is 2.69 bits per heavy atom. The van der Waals surface area contributed by atoms with Gasteiger partial charge in [0.2, 0.25) is 0 Å². The molecule has 2 atom stereocenters. The SMILES string of the molecule is OC1(Cc2ccccn2)CC2CCC(C1)O2. The van der Waals surface area contributed by atoms with Crippen LogP contribution in [-0.4, -0.2) is 27.9 Å². The fourth-order valence-electron chi connectivity index (χ4n) is 3.00. The summed E-state index contributed by atoms with van der Waals surface area (Å²) in [5.41, 5.74) is 0.379. The molecule has 3 heterocycles. The van der Waals surface area contributed by atoms with Crippen molar-refractivity contribution in [3.8, 4) is 0 Å². The van der Waals surface area contributed by atoms with Crippen LogP contribution >= 0.6 is 0 Å². The summed E-state index contributed by atoms with van der Waals surface area (Å²) in [5.74, 6) is 0. The summed E-state index contributed by atoms with van der Waals surface area (Å²) in [4.78, 5) is 4.29. The molecule has 0 spiro atoms. The second-order valence-corrected chi connectivity index (χ2v) is 5.09. The summed E-state index contributed by atoms with van der Waals surface area (Å²) in [7, 11) is 0. The largest absolute Gasteiger partial charge is 0.389 e. The minimum absolute atomic E-state index is 0.271. The number of ether oxygens (including phenoxy) is 1. The van der Waals surface area contributed by atoms with E-state index in [1.165, 1.54) is 0 Å². The minimum atomic E-state index is -0.599. The molecule has 2 bridgehead atoms. The molecule has 0 aliphatic carbocycles. The highest BCUT2D eigenvalue weighted by Gasteiger charge is 2.43. The molecule has 86 valence electrons. The molecule has 0 saturated carbocycles. The topological polar surface area (TPSA) is 42.4 Å². The Balaban J connectivity index is 1.74. The van der Waals surface area contributed by atoms with Crippen molar-refractivity contribution in [3.63, 3.8) is 0 Å². The lowest BCUT2D eigenvalue weighted by Gasteiger charge is -2.36. The van der Waals surface area contributed by atoms with Crippen molar-refractivity contribution < 1.29 is 9.84 Å². The van der Waals surface area contributed by atoms with E-state index in [1.54, 1.807) is 6.20 Å². The molecule has 2 unspecified atom stereocenters. The number of aromatic nitrogens is 1. The van der Waals surface area contributed by atoms with Crippen LogP contribution in [0.2, 0.25) is 0 Å². The van der Waals surface area contributed by atoms with Crippen LogP contribution in [-0.2, 0) is 11.2 Å². The Kier molecular flexibility index (Phi) is 2.45. The summed E-state index contributed by atoms with van der Waals surface area (Å²) < 4.78 is 5.75. The first-order chi connectivity index (χ1) is 7.73. The molecular weight excluding hydrogens is 202 g/mol.